The minimum absolute atomic E-state index is 0.0429. The molecule has 1 N–H and O–H groups in total. The number of nitro groups is 1. The van der Waals surface area contributed by atoms with Gasteiger partial charge >= 0.3 is 5.69 Å². The summed E-state index contributed by atoms with van der Waals surface area (Å²) in [4.78, 5) is 14.2. The first-order valence-corrected chi connectivity index (χ1v) is 10.4. The Bertz CT molecular complexity index is 1210. The number of pyridine rings is 1. The Hall–Kier alpha value is -3.86. The molecule has 0 saturated heterocycles. The van der Waals surface area contributed by atoms with E-state index in [0.29, 0.717) is 11.5 Å². The average Bonchev–Trinajstić information content (AvgIpc) is 2.75. The van der Waals surface area contributed by atoms with Crippen LogP contribution in [0.15, 0.2) is 59.6 Å². The van der Waals surface area contributed by atoms with Crippen LogP contribution in [0.3, 0.4) is 0 Å². The Morgan fingerprint density at radius 1 is 0.968 bits per heavy atom. The van der Waals surface area contributed by atoms with E-state index < -0.39 is 20.6 Å². The monoisotopic (exact) mass is 445 g/mol. The zero-order valence-corrected chi connectivity index (χ0v) is 17.7. The summed E-state index contributed by atoms with van der Waals surface area (Å²) in [6, 6.07) is 11.7. The molecule has 0 amide bonds. The van der Waals surface area contributed by atoms with E-state index in [-0.39, 0.29) is 22.2 Å². The zero-order valence-electron chi connectivity index (χ0n) is 16.9. The second kappa shape index (κ2) is 8.88. The van der Waals surface area contributed by atoms with Crippen molar-refractivity contribution in [3.8, 4) is 23.1 Å². The predicted molar refractivity (Wildman–Crippen MR) is 112 cm³/mol. The van der Waals surface area contributed by atoms with Gasteiger partial charge in [0.25, 0.3) is 10.0 Å². The number of nitrogens with one attached hydrogen (secondary N) is 1. The number of aromatic nitrogens is 1. The Balaban J connectivity index is 1.79. The van der Waals surface area contributed by atoms with Crippen molar-refractivity contribution in [3.05, 3.63) is 70.4 Å². The molecule has 31 heavy (non-hydrogen) atoms. The van der Waals surface area contributed by atoms with Crippen molar-refractivity contribution in [2.75, 3.05) is 18.9 Å². The number of hydrogen-bond acceptors (Lipinski definition) is 8. The molecule has 11 heteroatoms. The third kappa shape index (κ3) is 5.01. The van der Waals surface area contributed by atoms with Crippen LogP contribution in [0.1, 0.15) is 5.56 Å². The van der Waals surface area contributed by atoms with E-state index >= 15 is 0 Å². The van der Waals surface area contributed by atoms with Crippen LogP contribution in [0.2, 0.25) is 0 Å². The van der Waals surface area contributed by atoms with E-state index in [1.807, 2.05) is 19.1 Å². The Morgan fingerprint density at radius 2 is 1.68 bits per heavy atom. The number of benzene rings is 2. The van der Waals surface area contributed by atoms with Crippen molar-refractivity contribution >= 4 is 21.4 Å². The molecule has 0 aliphatic heterocycles. The van der Waals surface area contributed by atoms with E-state index in [1.165, 1.54) is 44.7 Å². The van der Waals surface area contributed by atoms with E-state index in [0.717, 1.165) is 11.6 Å². The maximum Gasteiger partial charge on any atom is 0.312 e. The SMILES string of the molecule is COc1cc(C)ccc1Oc1ccc(NS(=O)(=O)c2ccc(OC)c([N+](=O)[O-])c2)cn1. The molecule has 0 fully saturated rings. The van der Waals surface area contributed by atoms with Crippen LogP contribution >= 0.6 is 0 Å². The number of ether oxygens (including phenoxy) is 3. The first kappa shape index (κ1) is 21.8. The smallest absolute Gasteiger partial charge is 0.312 e. The summed E-state index contributed by atoms with van der Waals surface area (Å²) in [5.74, 6) is 1.18. The molecule has 0 aliphatic carbocycles. The van der Waals surface area contributed by atoms with Gasteiger partial charge in [-0.3, -0.25) is 14.8 Å². The number of nitrogens with zero attached hydrogens (tertiary/aromatic N) is 2. The highest BCUT2D eigenvalue weighted by Gasteiger charge is 2.22. The molecule has 3 rings (SSSR count). The number of sulfonamides is 1. The highest BCUT2D eigenvalue weighted by Crippen LogP contribution is 2.32. The fraction of sp³-hybridized carbons (Fsp3) is 0.150. The maximum atomic E-state index is 12.6. The first-order valence-electron chi connectivity index (χ1n) is 8.87. The van der Waals surface area contributed by atoms with E-state index in [4.69, 9.17) is 14.2 Å². The lowest BCUT2D eigenvalue weighted by Crippen LogP contribution is -2.13. The van der Waals surface area contributed by atoms with Crippen LogP contribution in [-0.2, 0) is 10.0 Å². The van der Waals surface area contributed by atoms with Gasteiger partial charge < -0.3 is 14.2 Å². The third-order valence-corrected chi connectivity index (χ3v) is 5.56. The molecule has 0 unspecified atom stereocenters. The molecule has 162 valence electrons. The summed E-state index contributed by atoms with van der Waals surface area (Å²) in [6.45, 7) is 1.92. The maximum absolute atomic E-state index is 12.6. The van der Waals surface area contributed by atoms with Gasteiger partial charge in [0.2, 0.25) is 5.88 Å². The van der Waals surface area contributed by atoms with Gasteiger partial charge in [-0.1, -0.05) is 6.07 Å². The predicted octanol–water partition coefficient (Wildman–Crippen LogP) is 3.91. The quantitative estimate of drug-likeness (QED) is 0.408. The summed E-state index contributed by atoms with van der Waals surface area (Å²) in [5, 5.41) is 11.1. The van der Waals surface area contributed by atoms with Gasteiger partial charge in [0.05, 0.1) is 35.9 Å². The third-order valence-electron chi connectivity index (χ3n) is 4.18. The lowest BCUT2D eigenvalue weighted by atomic mass is 10.2. The summed E-state index contributed by atoms with van der Waals surface area (Å²) in [7, 11) is -1.31. The van der Waals surface area contributed by atoms with Gasteiger partial charge in [-0.25, -0.2) is 13.4 Å². The molecule has 10 nitrogen and oxygen atoms in total. The van der Waals surface area contributed by atoms with Gasteiger partial charge in [0.15, 0.2) is 17.2 Å². The van der Waals surface area contributed by atoms with E-state index in [9.17, 15) is 18.5 Å². The summed E-state index contributed by atoms with van der Waals surface area (Å²) in [5.41, 5.74) is 0.696. The fourth-order valence-electron chi connectivity index (χ4n) is 2.67. The van der Waals surface area contributed by atoms with Crippen molar-refractivity contribution in [3.63, 3.8) is 0 Å². The molecule has 0 saturated carbocycles. The van der Waals surface area contributed by atoms with Crippen molar-refractivity contribution in [2.24, 2.45) is 0 Å². The van der Waals surface area contributed by atoms with Crippen LogP contribution in [0, 0.1) is 17.0 Å². The lowest BCUT2D eigenvalue weighted by molar-refractivity contribution is -0.386. The van der Waals surface area contributed by atoms with Gasteiger partial charge in [0.1, 0.15) is 0 Å². The molecular formula is C20H19N3O7S. The molecule has 0 bridgehead atoms. The van der Waals surface area contributed by atoms with Crippen LogP contribution in [0.4, 0.5) is 11.4 Å². The Morgan fingerprint density at radius 3 is 2.29 bits per heavy atom. The number of rotatable bonds is 8. The molecule has 0 radical (unpaired) electrons. The molecule has 0 spiro atoms. The minimum atomic E-state index is -4.09. The van der Waals surface area contributed by atoms with Gasteiger partial charge in [-0.15, -0.1) is 0 Å². The van der Waals surface area contributed by atoms with Crippen molar-refractivity contribution < 1.29 is 27.6 Å². The van der Waals surface area contributed by atoms with Crippen LogP contribution in [0.5, 0.6) is 23.1 Å². The van der Waals surface area contributed by atoms with E-state index in [1.54, 1.807) is 6.07 Å². The highest BCUT2D eigenvalue weighted by atomic mass is 32.2. The van der Waals surface area contributed by atoms with Gasteiger partial charge in [-0.05, 0) is 42.8 Å². The first-order chi connectivity index (χ1) is 14.7. The number of nitro benzene ring substituents is 1. The fourth-order valence-corrected chi connectivity index (χ4v) is 3.73. The largest absolute Gasteiger partial charge is 0.493 e. The van der Waals surface area contributed by atoms with E-state index in [2.05, 4.69) is 9.71 Å². The van der Waals surface area contributed by atoms with Crippen molar-refractivity contribution in [2.45, 2.75) is 11.8 Å². The zero-order chi connectivity index (χ0) is 22.6. The minimum Gasteiger partial charge on any atom is -0.493 e. The lowest BCUT2D eigenvalue weighted by Gasteiger charge is -2.11. The molecule has 2 aromatic carbocycles. The molecule has 0 aliphatic rings. The molecular weight excluding hydrogens is 426 g/mol. The summed E-state index contributed by atoms with van der Waals surface area (Å²) >= 11 is 0. The Kier molecular flexibility index (Phi) is 6.25. The summed E-state index contributed by atoms with van der Waals surface area (Å²) in [6.07, 6.45) is 1.27. The highest BCUT2D eigenvalue weighted by molar-refractivity contribution is 7.92. The average molecular weight is 445 g/mol. The van der Waals surface area contributed by atoms with Crippen LogP contribution in [0.25, 0.3) is 0 Å². The number of anilines is 1. The van der Waals surface area contributed by atoms with Gasteiger partial charge in [0, 0.05) is 12.1 Å². The number of methoxy groups -OCH3 is 2. The molecule has 1 aromatic heterocycles. The topological polar surface area (TPSA) is 130 Å². The molecule has 0 atom stereocenters. The Labute approximate surface area is 178 Å². The van der Waals surface area contributed by atoms with Crippen molar-refractivity contribution in [1.82, 2.24) is 4.98 Å². The normalized spacial score (nSPS) is 10.9. The second-order valence-corrected chi connectivity index (χ2v) is 8.02. The standard InChI is InChI=1S/C20H19N3O7S/c1-13-4-7-18(19(10-13)29-3)30-20-9-5-14(12-21-20)22-31(26,27)15-6-8-17(28-2)16(11-15)23(24)25/h4-12,22H,1-3H3. The van der Waals surface area contributed by atoms with Crippen LogP contribution < -0.4 is 18.9 Å². The number of hydrogen-bond donors (Lipinski definition) is 1. The molecule has 1 heterocycles. The molecule has 3 aromatic rings. The number of aryl methyl sites for hydroxylation is 1. The van der Waals surface area contributed by atoms with Crippen LogP contribution in [-0.4, -0.2) is 32.5 Å². The van der Waals surface area contributed by atoms with Gasteiger partial charge in [-0.2, -0.15) is 0 Å². The second-order valence-electron chi connectivity index (χ2n) is 6.34. The summed E-state index contributed by atoms with van der Waals surface area (Å²) < 4.78 is 43.4. The van der Waals surface area contributed by atoms with Crippen molar-refractivity contribution in [1.29, 1.82) is 0 Å².